The number of hydrogen-bond donors (Lipinski definition) is 1. The lowest BCUT2D eigenvalue weighted by atomic mass is 9.92. The van der Waals surface area contributed by atoms with Crippen LogP contribution in [0.25, 0.3) is 0 Å². The maximum atomic E-state index is 13.7. The molecular weight excluding hydrogens is 307 g/mol. The van der Waals surface area contributed by atoms with Crippen LogP contribution in [0.2, 0.25) is 0 Å². The number of benzene rings is 2. The maximum Gasteiger partial charge on any atom is 0.126 e. The van der Waals surface area contributed by atoms with Gasteiger partial charge in [-0.3, -0.25) is 0 Å². The van der Waals surface area contributed by atoms with Crippen LogP contribution >= 0.6 is 15.9 Å². The van der Waals surface area contributed by atoms with Crippen molar-refractivity contribution in [3.05, 3.63) is 69.4 Å². The van der Waals surface area contributed by atoms with Gasteiger partial charge >= 0.3 is 0 Å². The molecule has 0 aliphatic carbocycles. The van der Waals surface area contributed by atoms with E-state index in [1.54, 1.807) is 12.1 Å². The Labute approximate surface area is 121 Å². The van der Waals surface area contributed by atoms with Crippen LogP contribution in [0.1, 0.15) is 22.6 Å². The predicted octanol–water partition coefficient (Wildman–Crippen LogP) is 4.22. The molecular formula is C16H16BrFO. The second-order valence-corrected chi connectivity index (χ2v) is 5.65. The molecule has 0 aliphatic rings. The topological polar surface area (TPSA) is 20.2 Å². The summed E-state index contributed by atoms with van der Waals surface area (Å²) < 4.78 is 14.6. The van der Waals surface area contributed by atoms with Crippen molar-refractivity contribution in [3.63, 3.8) is 0 Å². The van der Waals surface area contributed by atoms with Crippen LogP contribution < -0.4 is 0 Å². The largest absolute Gasteiger partial charge is 0.396 e. The van der Waals surface area contributed by atoms with Gasteiger partial charge < -0.3 is 5.11 Å². The summed E-state index contributed by atoms with van der Waals surface area (Å²) in [5.74, 6) is -0.307. The van der Waals surface area contributed by atoms with E-state index in [1.807, 2.05) is 31.2 Å². The highest BCUT2D eigenvalue weighted by Gasteiger charge is 2.14. The van der Waals surface area contributed by atoms with Crippen molar-refractivity contribution in [2.24, 2.45) is 0 Å². The van der Waals surface area contributed by atoms with Gasteiger partial charge in [-0.05, 0) is 42.7 Å². The van der Waals surface area contributed by atoms with Crippen molar-refractivity contribution >= 4 is 15.9 Å². The number of aliphatic hydroxyl groups excluding tert-OH is 1. The molecule has 2 aromatic carbocycles. The minimum Gasteiger partial charge on any atom is -0.396 e. The third-order valence-electron chi connectivity index (χ3n) is 3.24. The highest BCUT2D eigenvalue weighted by Crippen LogP contribution is 2.24. The smallest absolute Gasteiger partial charge is 0.126 e. The van der Waals surface area contributed by atoms with Gasteiger partial charge in [0.15, 0.2) is 0 Å². The molecule has 2 rings (SSSR count). The Morgan fingerprint density at radius 3 is 2.47 bits per heavy atom. The molecule has 0 saturated carbocycles. The Kier molecular flexibility index (Phi) is 4.72. The monoisotopic (exact) mass is 322 g/mol. The highest BCUT2D eigenvalue weighted by atomic mass is 79.9. The highest BCUT2D eigenvalue weighted by molar-refractivity contribution is 9.10. The van der Waals surface area contributed by atoms with Crippen molar-refractivity contribution in [3.8, 4) is 0 Å². The summed E-state index contributed by atoms with van der Waals surface area (Å²) >= 11 is 3.34. The lowest BCUT2D eigenvalue weighted by molar-refractivity contribution is 0.263. The van der Waals surface area contributed by atoms with Gasteiger partial charge in [-0.1, -0.05) is 45.8 Å². The molecule has 0 heterocycles. The van der Waals surface area contributed by atoms with E-state index in [2.05, 4.69) is 15.9 Å². The van der Waals surface area contributed by atoms with Crippen molar-refractivity contribution < 1.29 is 9.50 Å². The molecule has 2 aromatic rings. The molecule has 100 valence electrons. The summed E-state index contributed by atoms with van der Waals surface area (Å²) in [5, 5.41) is 9.54. The Hall–Kier alpha value is -1.19. The fourth-order valence-corrected chi connectivity index (χ4v) is 2.50. The van der Waals surface area contributed by atoms with E-state index in [0.29, 0.717) is 12.0 Å². The van der Waals surface area contributed by atoms with Crippen LogP contribution in [0, 0.1) is 12.7 Å². The Morgan fingerprint density at radius 1 is 1.16 bits per heavy atom. The van der Waals surface area contributed by atoms with Gasteiger partial charge in [0.05, 0.1) is 6.61 Å². The van der Waals surface area contributed by atoms with Crippen molar-refractivity contribution in [2.75, 3.05) is 6.61 Å². The summed E-state index contributed by atoms with van der Waals surface area (Å²) in [4.78, 5) is 0. The van der Waals surface area contributed by atoms with Gasteiger partial charge in [-0.15, -0.1) is 0 Å². The van der Waals surface area contributed by atoms with Crippen LogP contribution in [-0.4, -0.2) is 11.7 Å². The molecule has 0 spiro atoms. The summed E-state index contributed by atoms with van der Waals surface area (Å²) in [6.45, 7) is 2.03. The zero-order chi connectivity index (χ0) is 13.8. The normalized spacial score (nSPS) is 12.4. The first-order valence-electron chi connectivity index (χ1n) is 6.21. The molecule has 3 heteroatoms. The molecule has 1 nitrogen and oxygen atoms in total. The average Bonchev–Trinajstić information content (AvgIpc) is 2.41. The number of rotatable bonds is 4. The minimum atomic E-state index is -0.228. The Bertz CT molecular complexity index is 551. The number of hydrogen-bond acceptors (Lipinski definition) is 1. The number of aryl methyl sites for hydroxylation is 1. The fourth-order valence-electron chi connectivity index (χ4n) is 2.09. The predicted molar refractivity (Wildman–Crippen MR) is 78.8 cm³/mol. The molecule has 0 bridgehead atoms. The first kappa shape index (κ1) is 14.2. The van der Waals surface area contributed by atoms with Crippen molar-refractivity contribution in [2.45, 2.75) is 19.3 Å². The van der Waals surface area contributed by atoms with E-state index in [0.717, 1.165) is 10.0 Å². The van der Waals surface area contributed by atoms with Gasteiger partial charge in [0.2, 0.25) is 0 Å². The van der Waals surface area contributed by atoms with E-state index >= 15 is 0 Å². The lowest BCUT2D eigenvalue weighted by Crippen LogP contribution is -2.09. The molecule has 0 aromatic heterocycles. The second-order valence-electron chi connectivity index (χ2n) is 4.73. The minimum absolute atomic E-state index is 0.00894. The fraction of sp³-hybridized carbons (Fsp3) is 0.250. The Morgan fingerprint density at radius 2 is 1.84 bits per heavy atom. The van der Waals surface area contributed by atoms with Crippen LogP contribution in [-0.2, 0) is 6.42 Å². The van der Waals surface area contributed by atoms with E-state index in [-0.39, 0.29) is 18.3 Å². The molecule has 0 aliphatic heterocycles. The zero-order valence-corrected chi connectivity index (χ0v) is 12.3. The quantitative estimate of drug-likeness (QED) is 0.893. The maximum absolute atomic E-state index is 13.7. The van der Waals surface area contributed by atoms with Gasteiger partial charge in [-0.25, -0.2) is 4.39 Å². The van der Waals surface area contributed by atoms with Gasteiger partial charge in [-0.2, -0.15) is 0 Å². The standard InChI is InChI=1S/C16H16BrFO/c1-11-2-4-12(5-3-11)14(10-19)8-13-9-15(17)6-7-16(13)18/h2-7,9,14,19H,8,10H2,1H3. The van der Waals surface area contributed by atoms with Crippen LogP contribution in [0.5, 0.6) is 0 Å². The SMILES string of the molecule is Cc1ccc(C(CO)Cc2cc(Br)ccc2F)cc1. The first-order chi connectivity index (χ1) is 9.10. The van der Waals surface area contributed by atoms with Crippen molar-refractivity contribution in [1.82, 2.24) is 0 Å². The Balaban J connectivity index is 2.23. The molecule has 19 heavy (non-hydrogen) atoms. The first-order valence-corrected chi connectivity index (χ1v) is 7.01. The molecule has 1 N–H and O–H groups in total. The summed E-state index contributed by atoms with van der Waals surface area (Å²) in [6, 6.07) is 12.9. The van der Waals surface area contributed by atoms with E-state index in [9.17, 15) is 9.50 Å². The van der Waals surface area contributed by atoms with E-state index in [4.69, 9.17) is 0 Å². The van der Waals surface area contributed by atoms with Gasteiger partial charge in [0.1, 0.15) is 5.82 Å². The summed E-state index contributed by atoms with van der Waals surface area (Å²) in [6.07, 6.45) is 0.491. The molecule has 0 saturated heterocycles. The van der Waals surface area contributed by atoms with Gasteiger partial charge in [0.25, 0.3) is 0 Å². The number of aliphatic hydroxyl groups is 1. The third kappa shape index (κ3) is 3.64. The zero-order valence-electron chi connectivity index (χ0n) is 10.7. The summed E-state index contributed by atoms with van der Waals surface area (Å²) in [5.41, 5.74) is 2.83. The van der Waals surface area contributed by atoms with Crippen molar-refractivity contribution in [1.29, 1.82) is 0 Å². The molecule has 0 fully saturated rings. The summed E-state index contributed by atoms with van der Waals surface area (Å²) in [7, 11) is 0. The average molecular weight is 323 g/mol. The molecule has 0 radical (unpaired) electrons. The van der Waals surface area contributed by atoms with Crippen LogP contribution in [0.4, 0.5) is 4.39 Å². The van der Waals surface area contributed by atoms with E-state index < -0.39 is 0 Å². The molecule has 0 amide bonds. The van der Waals surface area contributed by atoms with Crippen LogP contribution in [0.15, 0.2) is 46.9 Å². The third-order valence-corrected chi connectivity index (χ3v) is 3.74. The molecule has 1 atom stereocenters. The second kappa shape index (κ2) is 6.31. The lowest BCUT2D eigenvalue weighted by Gasteiger charge is -2.15. The molecule has 1 unspecified atom stereocenters. The van der Waals surface area contributed by atoms with Gasteiger partial charge in [0, 0.05) is 10.4 Å². The number of halogens is 2. The van der Waals surface area contributed by atoms with Crippen LogP contribution in [0.3, 0.4) is 0 Å². The van der Waals surface area contributed by atoms with E-state index in [1.165, 1.54) is 11.6 Å².